The highest BCUT2D eigenvalue weighted by molar-refractivity contribution is 9.10. The number of rotatable bonds is 2. The predicted molar refractivity (Wildman–Crippen MR) is 66.6 cm³/mol. The number of hydrogen-bond donors (Lipinski definition) is 1. The van der Waals surface area contributed by atoms with Gasteiger partial charge >= 0.3 is 5.97 Å². The second-order valence-corrected chi connectivity index (χ2v) is 4.70. The number of esters is 1. The van der Waals surface area contributed by atoms with Gasteiger partial charge in [-0.3, -0.25) is 0 Å². The van der Waals surface area contributed by atoms with Crippen LogP contribution < -0.4 is 0 Å². The molecule has 1 aromatic carbocycles. The fourth-order valence-electron chi connectivity index (χ4n) is 1.51. The lowest BCUT2D eigenvalue weighted by Gasteiger charge is -2.05. The number of fused-ring (bicyclic) bond motifs is 1. The molecule has 1 aromatic heterocycles. The third-order valence-corrected chi connectivity index (χ3v) is 2.83. The molecule has 0 aliphatic heterocycles. The van der Waals surface area contributed by atoms with E-state index in [1.807, 2.05) is 32.0 Å². The molecule has 2 aromatic rings. The van der Waals surface area contributed by atoms with Crippen LogP contribution in [0.3, 0.4) is 0 Å². The Morgan fingerprint density at radius 1 is 1.44 bits per heavy atom. The number of aromatic nitrogens is 1. The van der Waals surface area contributed by atoms with Crippen molar-refractivity contribution in [3.63, 3.8) is 0 Å². The number of benzene rings is 1. The smallest absolute Gasteiger partial charge is 0.355 e. The van der Waals surface area contributed by atoms with Gasteiger partial charge in [-0.05, 0) is 41.9 Å². The van der Waals surface area contributed by atoms with Crippen molar-refractivity contribution in [3.8, 4) is 0 Å². The first kappa shape index (κ1) is 11.2. The highest BCUT2D eigenvalue weighted by Crippen LogP contribution is 2.24. The van der Waals surface area contributed by atoms with Crippen LogP contribution in [0.15, 0.2) is 28.7 Å². The molecule has 4 heteroatoms. The highest BCUT2D eigenvalue weighted by atomic mass is 79.9. The van der Waals surface area contributed by atoms with Gasteiger partial charge in [0.1, 0.15) is 5.69 Å². The number of carbonyl (C=O) groups is 1. The summed E-state index contributed by atoms with van der Waals surface area (Å²) in [5, 5.41) is 0.991. The van der Waals surface area contributed by atoms with Gasteiger partial charge in [-0.2, -0.15) is 0 Å². The molecule has 0 saturated carbocycles. The van der Waals surface area contributed by atoms with Crippen LogP contribution in [0.25, 0.3) is 10.9 Å². The molecule has 0 bridgehead atoms. The van der Waals surface area contributed by atoms with E-state index in [9.17, 15) is 4.79 Å². The number of carbonyl (C=O) groups excluding carboxylic acids is 1. The number of aromatic amines is 1. The second kappa shape index (κ2) is 4.29. The van der Waals surface area contributed by atoms with Crippen LogP contribution >= 0.6 is 15.9 Å². The summed E-state index contributed by atoms with van der Waals surface area (Å²) in [4.78, 5) is 14.7. The van der Waals surface area contributed by atoms with E-state index in [-0.39, 0.29) is 12.1 Å². The average molecular weight is 282 g/mol. The third-order valence-electron chi connectivity index (χ3n) is 2.17. The maximum Gasteiger partial charge on any atom is 0.355 e. The van der Waals surface area contributed by atoms with Gasteiger partial charge in [0, 0.05) is 9.86 Å². The van der Waals surface area contributed by atoms with E-state index in [2.05, 4.69) is 20.9 Å². The monoisotopic (exact) mass is 281 g/mol. The minimum absolute atomic E-state index is 0.109. The number of para-hydroxylation sites is 1. The molecule has 0 amide bonds. The molecule has 2 rings (SSSR count). The van der Waals surface area contributed by atoms with Crippen molar-refractivity contribution < 1.29 is 9.53 Å². The lowest BCUT2D eigenvalue weighted by Crippen LogP contribution is -2.11. The molecule has 84 valence electrons. The fraction of sp³-hybridized carbons (Fsp3) is 0.250. The van der Waals surface area contributed by atoms with E-state index in [0.29, 0.717) is 5.69 Å². The lowest BCUT2D eigenvalue weighted by molar-refractivity contribution is 0.0372. The van der Waals surface area contributed by atoms with Crippen LogP contribution in [0, 0.1) is 0 Å². The van der Waals surface area contributed by atoms with Gasteiger partial charge < -0.3 is 9.72 Å². The van der Waals surface area contributed by atoms with Gasteiger partial charge in [-0.15, -0.1) is 0 Å². The quantitative estimate of drug-likeness (QED) is 0.857. The molecule has 0 radical (unpaired) electrons. The Morgan fingerprint density at radius 2 is 2.19 bits per heavy atom. The van der Waals surface area contributed by atoms with E-state index in [4.69, 9.17) is 4.74 Å². The van der Waals surface area contributed by atoms with E-state index < -0.39 is 0 Å². The van der Waals surface area contributed by atoms with Crippen molar-refractivity contribution in [2.24, 2.45) is 0 Å². The van der Waals surface area contributed by atoms with Crippen LogP contribution in [0.2, 0.25) is 0 Å². The first-order valence-electron chi connectivity index (χ1n) is 5.06. The van der Waals surface area contributed by atoms with Crippen molar-refractivity contribution in [2.75, 3.05) is 0 Å². The van der Waals surface area contributed by atoms with Crippen molar-refractivity contribution >= 4 is 32.8 Å². The Morgan fingerprint density at radius 3 is 2.81 bits per heavy atom. The number of nitrogens with one attached hydrogen (secondary N) is 1. The van der Waals surface area contributed by atoms with Crippen LogP contribution in [0.5, 0.6) is 0 Å². The summed E-state index contributed by atoms with van der Waals surface area (Å²) in [6.45, 7) is 3.66. The Kier molecular flexibility index (Phi) is 3.01. The molecule has 0 spiro atoms. The van der Waals surface area contributed by atoms with Gasteiger partial charge in [-0.25, -0.2) is 4.79 Å². The molecular formula is C12H12BrNO2. The molecule has 1 N–H and O–H groups in total. The molecule has 1 heterocycles. The summed E-state index contributed by atoms with van der Waals surface area (Å²) in [6.07, 6.45) is -0.109. The van der Waals surface area contributed by atoms with Gasteiger partial charge in [-0.1, -0.05) is 12.1 Å². The van der Waals surface area contributed by atoms with Crippen molar-refractivity contribution in [3.05, 3.63) is 34.4 Å². The fourth-order valence-corrected chi connectivity index (χ4v) is 1.99. The maximum absolute atomic E-state index is 11.7. The Hall–Kier alpha value is -1.29. The molecule has 0 fully saturated rings. The molecule has 0 atom stereocenters. The number of halogens is 1. The minimum Gasteiger partial charge on any atom is -0.458 e. The van der Waals surface area contributed by atoms with E-state index in [1.165, 1.54) is 0 Å². The van der Waals surface area contributed by atoms with Crippen LogP contribution in [-0.4, -0.2) is 17.1 Å². The average Bonchev–Trinajstić information content (AvgIpc) is 2.61. The molecule has 0 unspecified atom stereocenters. The number of H-pyrrole nitrogens is 1. The number of ether oxygens (including phenoxy) is 1. The SMILES string of the molecule is CC(C)OC(=O)c1cc2cccc(Br)c2[nH]1. The summed E-state index contributed by atoms with van der Waals surface area (Å²) in [5.41, 5.74) is 1.40. The van der Waals surface area contributed by atoms with Crippen LogP contribution in [-0.2, 0) is 4.74 Å². The standard InChI is InChI=1S/C12H12BrNO2/c1-7(2)16-12(15)10-6-8-4-3-5-9(13)11(8)14-10/h3-7,14H,1-2H3. The van der Waals surface area contributed by atoms with Gasteiger partial charge in [0.15, 0.2) is 0 Å². The zero-order valence-electron chi connectivity index (χ0n) is 9.08. The first-order chi connectivity index (χ1) is 7.58. The topological polar surface area (TPSA) is 42.1 Å². The molecule has 16 heavy (non-hydrogen) atoms. The van der Waals surface area contributed by atoms with Crippen molar-refractivity contribution in [2.45, 2.75) is 20.0 Å². The summed E-state index contributed by atoms with van der Waals surface area (Å²) < 4.78 is 6.06. The second-order valence-electron chi connectivity index (χ2n) is 3.84. The molecule has 0 saturated heterocycles. The largest absolute Gasteiger partial charge is 0.458 e. The Balaban J connectivity index is 2.40. The zero-order valence-corrected chi connectivity index (χ0v) is 10.7. The molecular weight excluding hydrogens is 270 g/mol. The van der Waals surface area contributed by atoms with Gasteiger partial charge in [0.25, 0.3) is 0 Å². The summed E-state index contributed by atoms with van der Waals surface area (Å²) in [6, 6.07) is 7.60. The first-order valence-corrected chi connectivity index (χ1v) is 5.85. The normalized spacial score (nSPS) is 11.0. The molecule has 0 aliphatic carbocycles. The number of hydrogen-bond acceptors (Lipinski definition) is 2. The molecule has 0 aliphatic rings. The lowest BCUT2D eigenvalue weighted by atomic mass is 10.2. The molecule has 3 nitrogen and oxygen atoms in total. The third kappa shape index (κ3) is 2.11. The summed E-state index contributed by atoms with van der Waals surface area (Å²) in [7, 11) is 0. The van der Waals surface area contributed by atoms with Crippen LogP contribution in [0.1, 0.15) is 24.3 Å². The van der Waals surface area contributed by atoms with Crippen molar-refractivity contribution in [1.29, 1.82) is 0 Å². The Bertz CT molecular complexity index is 531. The van der Waals surface area contributed by atoms with E-state index in [1.54, 1.807) is 6.07 Å². The van der Waals surface area contributed by atoms with E-state index in [0.717, 1.165) is 15.4 Å². The summed E-state index contributed by atoms with van der Waals surface area (Å²) >= 11 is 3.43. The van der Waals surface area contributed by atoms with Gasteiger partial charge in [0.2, 0.25) is 0 Å². The van der Waals surface area contributed by atoms with Crippen molar-refractivity contribution in [1.82, 2.24) is 4.98 Å². The predicted octanol–water partition coefficient (Wildman–Crippen LogP) is 3.50. The highest BCUT2D eigenvalue weighted by Gasteiger charge is 2.13. The Labute approximate surface area is 102 Å². The van der Waals surface area contributed by atoms with Gasteiger partial charge in [0.05, 0.1) is 11.6 Å². The maximum atomic E-state index is 11.7. The van der Waals surface area contributed by atoms with E-state index >= 15 is 0 Å². The zero-order chi connectivity index (χ0) is 11.7. The van der Waals surface area contributed by atoms with Crippen LogP contribution in [0.4, 0.5) is 0 Å². The summed E-state index contributed by atoms with van der Waals surface area (Å²) in [5.74, 6) is -0.321. The minimum atomic E-state index is -0.321.